The van der Waals surface area contributed by atoms with Gasteiger partial charge in [-0.15, -0.1) is 0 Å². The number of ether oxygens (including phenoxy) is 1. The van der Waals surface area contributed by atoms with Crippen LogP contribution in [0.3, 0.4) is 0 Å². The van der Waals surface area contributed by atoms with E-state index in [0.717, 1.165) is 36.1 Å². The van der Waals surface area contributed by atoms with Crippen molar-refractivity contribution in [3.63, 3.8) is 0 Å². The van der Waals surface area contributed by atoms with Crippen molar-refractivity contribution in [2.24, 2.45) is 4.99 Å². The molecular weight excluding hydrogens is 471 g/mol. The summed E-state index contributed by atoms with van der Waals surface area (Å²) in [5.74, 6) is -0.977. The van der Waals surface area contributed by atoms with Crippen molar-refractivity contribution in [3.05, 3.63) is 77.4 Å². The highest BCUT2D eigenvalue weighted by Gasteiger charge is 2.35. The molecule has 0 saturated heterocycles. The highest BCUT2D eigenvalue weighted by Crippen LogP contribution is 2.40. The maximum Gasteiger partial charge on any atom is 0.433 e. The van der Waals surface area contributed by atoms with Gasteiger partial charge in [0.1, 0.15) is 5.69 Å². The molecule has 1 fully saturated rings. The summed E-state index contributed by atoms with van der Waals surface area (Å²) in [5, 5.41) is 11.7. The number of para-hydroxylation sites is 1. The van der Waals surface area contributed by atoms with Crippen LogP contribution in [0.1, 0.15) is 55.1 Å². The van der Waals surface area contributed by atoms with E-state index in [1.165, 1.54) is 12.3 Å². The first kappa shape index (κ1) is 25.0. The molecule has 0 bridgehead atoms. The quantitative estimate of drug-likeness (QED) is 0.196. The number of benzene rings is 1. The van der Waals surface area contributed by atoms with E-state index in [1.807, 2.05) is 24.3 Å². The van der Waals surface area contributed by atoms with E-state index < -0.39 is 17.8 Å². The third-order valence-corrected chi connectivity index (χ3v) is 5.36. The first-order valence-electron chi connectivity index (χ1n) is 11.3. The number of nitrogens with zero attached hydrogens (tertiary/aromatic N) is 3. The van der Waals surface area contributed by atoms with E-state index in [1.54, 1.807) is 26.1 Å². The minimum atomic E-state index is -4.62. The van der Waals surface area contributed by atoms with Crippen LogP contribution < -0.4 is 5.32 Å². The van der Waals surface area contributed by atoms with Gasteiger partial charge in [0.25, 0.3) is 0 Å². The Bertz CT molecular complexity index is 1360. The fourth-order valence-electron chi connectivity index (χ4n) is 3.48. The molecule has 1 saturated carbocycles. The number of carbonyl (C=O) groups excluding carboxylic acids is 1. The fraction of sp³-hybridized carbons (Fsp3) is 0.269. The van der Waals surface area contributed by atoms with Gasteiger partial charge in [0.2, 0.25) is 0 Å². The number of amidine groups is 1. The van der Waals surface area contributed by atoms with Gasteiger partial charge in [0.15, 0.2) is 5.84 Å². The zero-order valence-corrected chi connectivity index (χ0v) is 19.6. The molecule has 0 amide bonds. The largest absolute Gasteiger partial charge is 0.459 e. The SMILES string of the molecule is CC(C)OC(=O)/C(=C/N/C=N\C(=N)c1cc(C2CC2)nc(C(F)(F)F)c1)c1cnc2ccccc2c1. The Morgan fingerprint density at radius 1 is 1.19 bits per heavy atom. The van der Waals surface area contributed by atoms with Gasteiger partial charge in [-0.25, -0.2) is 14.8 Å². The van der Waals surface area contributed by atoms with Gasteiger partial charge in [-0.1, -0.05) is 18.2 Å². The van der Waals surface area contributed by atoms with Crippen LogP contribution in [0, 0.1) is 5.41 Å². The van der Waals surface area contributed by atoms with Gasteiger partial charge in [-0.3, -0.25) is 10.4 Å². The lowest BCUT2D eigenvalue weighted by Crippen LogP contribution is -2.16. The van der Waals surface area contributed by atoms with Crippen LogP contribution >= 0.6 is 0 Å². The number of nitrogens with one attached hydrogen (secondary N) is 2. The zero-order chi connectivity index (χ0) is 25.9. The monoisotopic (exact) mass is 495 g/mol. The summed E-state index contributed by atoms with van der Waals surface area (Å²) in [6.45, 7) is 3.45. The average Bonchev–Trinajstić information content (AvgIpc) is 3.68. The van der Waals surface area contributed by atoms with Crippen molar-refractivity contribution < 1.29 is 22.7 Å². The predicted octanol–water partition coefficient (Wildman–Crippen LogP) is 5.46. The Morgan fingerprint density at radius 3 is 2.64 bits per heavy atom. The van der Waals surface area contributed by atoms with Crippen LogP contribution in [-0.4, -0.2) is 34.2 Å². The van der Waals surface area contributed by atoms with Crippen LogP contribution in [0.2, 0.25) is 0 Å². The molecule has 7 nitrogen and oxygen atoms in total. The molecule has 0 atom stereocenters. The van der Waals surface area contributed by atoms with Crippen molar-refractivity contribution in [1.29, 1.82) is 5.41 Å². The standard InChI is InChI=1S/C26H24F3N5O2/c1-15(2)36-25(35)20(19-9-17-5-3-4-6-21(17)32-12-19)13-31-14-33-24(30)18-10-22(16-7-8-16)34-23(11-18)26(27,28)29/h3-6,9-16H,7-8H2,1-2H3,(H2,30,31,33)/b20-13+. The summed E-state index contributed by atoms with van der Waals surface area (Å²) in [6, 6.07) is 11.5. The number of carbonyl (C=O) groups is 1. The second kappa shape index (κ2) is 10.3. The molecule has 3 aromatic rings. The third-order valence-electron chi connectivity index (χ3n) is 5.36. The summed E-state index contributed by atoms with van der Waals surface area (Å²) < 4.78 is 45.2. The molecule has 4 rings (SSSR count). The summed E-state index contributed by atoms with van der Waals surface area (Å²) in [7, 11) is 0. The number of hydrogen-bond donors (Lipinski definition) is 2. The predicted molar refractivity (Wildman–Crippen MR) is 131 cm³/mol. The minimum absolute atomic E-state index is 0.0134. The summed E-state index contributed by atoms with van der Waals surface area (Å²) in [6.07, 6.45) is 0.605. The van der Waals surface area contributed by atoms with E-state index in [9.17, 15) is 18.0 Å². The Kier molecular flexibility index (Phi) is 7.14. The summed E-state index contributed by atoms with van der Waals surface area (Å²) in [5.41, 5.74) is 0.737. The maximum absolute atomic E-state index is 13.3. The van der Waals surface area contributed by atoms with Crippen LogP contribution in [0.25, 0.3) is 16.5 Å². The molecular formula is C26H24F3N5O2. The maximum atomic E-state index is 13.3. The number of pyridine rings is 2. The molecule has 1 aliphatic carbocycles. The second-order valence-electron chi connectivity index (χ2n) is 8.64. The molecule has 1 aliphatic rings. The Hall–Kier alpha value is -4.08. The Balaban J connectivity index is 1.56. The van der Waals surface area contributed by atoms with Crippen molar-refractivity contribution in [2.75, 3.05) is 0 Å². The number of fused-ring (bicyclic) bond motifs is 1. The van der Waals surface area contributed by atoms with Gasteiger partial charge in [-0.2, -0.15) is 13.2 Å². The highest BCUT2D eigenvalue weighted by molar-refractivity contribution is 6.17. The molecule has 186 valence electrons. The van der Waals surface area contributed by atoms with Crippen molar-refractivity contribution >= 4 is 34.6 Å². The lowest BCUT2D eigenvalue weighted by atomic mass is 10.1. The lowest BCUT2D eigenvalue weighted by molar-refractivity contribution is -0.141. The van der Waals surface area contributed by atoms with E-state index in [2.05, 4.69) is 20.3 Å². The minimum Gasteiger partial charge on any atom is -0.459 e. The number of halogens is 3. The number of rotatable bonds is 7. The Morgan fingerprint density at radius 2 is 1.94 bits per heavy atom. The molecule has 10 heteroatoms. The molecule has 0 radical (unpaired) electrons. The molecule has 2 heterocycles. The van der Waals surface area contributed by atoms with E-state index in [4.69, 9.17) is 10.1 Å². The van der Waals surface area contributed by atoms with Crippen LogP contribution in [0.15, 0.2) is 59.9 Å². The summed E-state index contributed by atoms with van der Waals surface area (Å²) in [4.78, 5) is 24.7. The fourth-order valence-corrected chi connectivity index (χ4v) is 3.48. The second-order valence-corrected chi connectivity index (χ2v) is 8.64. The van der Waals surface area contributed by atoms with Crippen molar-refractivity contribution in [2.45, 2.75) is 44.9 Å². The smallest absolute Gasteiger partial charge is 0.433 e. The number of alkyl halides is 3. The molecule has 2 aromatic heterocycles. The zero-order valence-electron chi connectivity index (χ0n) is 19.6. The molecule has 0 spiro atoms. The first-order chi connectivity index (χ1) is 17.1. The van der Waals surface area contributed by atoms with Gasteiger partial charge in [0, 0.05) is 40.5 Å². The molecule has 2 N–H and O–H groups in total. The van der Waals surface area contributed by atoms with E-state index in [0.29, 0.717) is 11.3 Å². The average molecular weight is 496 g/mol. The number of aliphatic imine (C=N–C) groups is 1. The van der Waals surface area contributed by atoms with Crippen molar-refractivity contribution in [3.8, 4) is 0 Å². The van der Waals surface area contributed by atoms with Gasteiger partial charge < -0.3 is 10.1 Å². The van der Waals surface area contributed by atoms with Gasteiger partial charge >= 0.3 is 12.1 Å². The van der Waals surface area contributed by atoms with E-state index in [-0.39, 0.29) is 29.0 Å². The number of hydrogen-bond acceptors (Lipinski definition) is 5. The highest BCUT2D eigenvalue weighted by atomic mass is 19.4. The number of aromatic nitrogens is 2. The topological polar surface area (TPSA) is 100 Å². The Labute approximate surface area is 205 Å². The van der Waals surface area contributed by atoms with Crippen LogP contribution in [0.5, 0.6) is 0 Å². The van der Waals surface area contributed by atoms with Crippen LogP contribution in [0.4, 0.5) is 13.2 Å². The third kappa shape index (κ3) is 6.12. The normalized spacial score (nSPS) is 14.4. The number of esters is 1. The van der Waals surface area contributed by atoms with Gasteiger partial charge in [0.05, 0.1) is 23.5 Å². The van der Waals surface area contributed by atoms with Crippen LogP contribution in [-0.2, 0) is 15.7 Å². The van der Waals surface area contributed by atoms with E-state index >= 15 is 0 Å². The van der Waals surface area contributed by atoms with Crippen molar-refractivity contribution in [1.82, 2.24) is 15.3 Å². The molecule has 0 unspecified atom stereocenters. The lowest BCUT2D eigenvalue weighted by Gasteiger charge is -2.12. The van der Waals surface area contributed by atoms with Gasteiger partial charge in [-0.05, 0) is 51.0 Å². The summed E-state index contributed by atoms with van der Waals surface area (Å²) >= 11 is 0. The molecule has 36 heavy (non-hydrogen) atoms. The molecule has 1 aromatic carbocycles. The molecule has 0 aliphatic heterocycles. The first-order valence-corrected chi connectivity index (χ1v) is 11.3.